The summed E-state index contributed by atoms with van der Waals surface area (Å²) in [5, 5.41) is 6.05. The van der Waals surface area contributed by atoms with Crippen LogP contribution in [0.3, 0.4) is 0 Å². The molecule has 0 aliphatic heterocycles. The lowest BCUT2D eigenvalue weighted by atomic mass is 10.2. The molecular formula is C10H21F3IN3S. The van der Waals surface area contributed by atoms with E-state index in [1.165, 1.54) is 0 Å². The molecule has 0 fully saturated rings. The lowest BCUT2D eigenvalue weighted by Gasteiger charge is -2.11. The number of nitrogens with one attached hydrogen (secondary N) is 2. The van der Waals surface area contributed by atoms with Crippen LogP contribution < -0.4 is 10.6 Å². The van der Waals surface area contributed by atoms with Gasteiger partial charge in [-0.25, -0.2) is 0 Å². The number of hydrogen-bond acceptors (Lipinski definition) is 2. The molecule has 0 saturated heterocycles. The zero-order valence-electron chi connectivity index (χ0n) is 10.6. The van der Waals surface area contributed by atoms with Crippen molar-refractivity contribution in [2.45, 2.75) is 25.4 Å². The first-order valence-electron chi connectivity index (χ1n) is 5.50. The number of aliphatic imine (C=N–C) groups is 1. The highest BCUT2D eigenvalue weighted by Gasteiger charge is 2.25. The van der Waals surface area contributed by atoms with E-state index in [4.69, 9.17) is 0 Å². The van der Waals surface area contributed by atoms with Crippen LogP contribution in [0.2, 0.25) is 0 Å². The van der Waals surface area contributed by atoms with Crippen LogP contribution in [0.15, 0.2) is 4.99 Å². The number of hydrogen-bond donors (Lipinski definition) is 2. The van der Waals surface area contributed by atoms with E-state index in [0.29, 0.717) is 18.9 Å². The van der Waals surface area contributed by atoms with Gasteiger partial charge in [0, 0.05) is 32.3 Å². The predicted molar refractivity (Wildman–Crippen MR) is 83.1 cm³/mol. The molecule has 0 aliphatic carbocycles. The molecule has 0 aromatic heterocycles. The zero-order chi connectivity index (χ0) is 13.1. The third kappa shape index (κ3) is 14.2. The van der Waals surface area contributed by atoms with Crippen molar-refractivity contribution in [1.29, 1.82) is 0 Å². The van der Waals surface area contributed by atoms with Crippen LogP contribution in [0.25, 0.3) is 0 Å². The van der Waals surface area contributed by atoms with Crippen molar-refractivity contribution < 1.29 is 13.2 Å². The number of alkyl halides is 3. The number of nitrogens with zero attached hydrogens (tertiary/aromatic N) is 1. The van der Waals surface area contributed by atoms with Crippen molar-refractivity contribution in [2.24, 2.45) is 4.99 Å². The molecule has 0 rings (SSSR count). The molecule has 0 amide bonds. The Bertz CT molecular complexity index is 225. The molecule has 0 spiro atoms. The van der Waals surface area contributed by atoms with Gasteiger partial charge in [-0.1, -0.05) is 0 Å². The number of halogens is 4. The summed E-state index contributed by atoms with van der Waals surface area (Å²) in [5.74, 6) is 1.61. The summed E-state index contributed by atoms with van der Waals surface area (Å²) in [6.45, 7) is 1.30. The van der Waals surface area contributed by atoms with E-state index in [-0.39, 0.29) is 30.4 Å². The van der Waals surface area contributed by atoms with Crippen molar-refractivity contribution in [3.63, 3.8) is 0 Å². The molecule has 8 heteroatoms. The van der Waals surface area contributed by atoms with E-state index in [0.717, 1.165) is 12.3 Å². The van der Waals surface area contributed by atoms with Crippen LogP contribution in [0.4, 0.5) is 13.2 Å². The largest absolute Gasteiger partial charge is 0.389 e. The van der Waals surface area contributed by atoms with E-state index in [1.807, 2.05) is 6.26 Å². The van der Waals surface area contributed by atoms with E-state index in [2.05, 4.69) is 15.6 Å². The summed E-state index contributed by atoms with van der Waals surface area (Å²) >= 11 is 1.72. The molecule has 0 aliphatic rings. The fourth-order valence-corrected chi connectivity index (χ4v) is 1.46. The van der Waals surface area contributed by atoms with Gasteiger partial charge in [0.1, 0.15) is 0 Å². The SMILES string of the molecule is CN=C(NCCCCC(F)(F)F)NCCSC.I. The topological polar surface area (TPSA) is 36.4 Å². The van der Waals surface area contributed by atoms with Gasteiger partial charge in [-0.3, -0.25) is 4.99 Å². The molecule has 18 heavy (non-hydrogen) atoms. The maximum atomic E-state index is 11.9. The molecule has 0 heterocycles. The lowest BCUT2D eigenvalue weighted by Crippen LogP contribution is -2.38. The average Bonchev–Trinajstić information content (AvgIpc) is 2.25. The van der Waals surface area contributed by atoms with Crippen LogP contribution >= 0.6 is 35.7 Å². The lowest BCUT2D eigenvalue weighted by molar-refractivity contribution is -0.135. The molecule has 110 valence electrons. The van der Waals surface area contributed by atoms with Gasteiger partial charge in [0.05, 0.1) is 0 Å². The maximum Gasteiger partial charge on any atom is 0.389 e. The van der Waals surface area contributed by atoms with E-state index in [1.54, 1.807) is 18.8 Å². The van der Waals surface area contributed by atoms with Crippen molar-refractivity contribution in [2.75, 3.05) is 32.1 Å². The van der Waals surface area contributed by atoms with Crippen molar-refractivity contribution in [3.05, 3.63) is 0 Å². The first-order valence-corrected chi connectivity index (χ1v) is 6.89. The van der Waals surface area contributed by atoms with E-state index < -0.39 is 12.6 Å². The minimum Gasteiger partial charge on any atom is -0.356 e. The number of thioether (sulfide) groups is 1. The van der Waals surface area contributed by atoms with Crippen LogP contribution in [-0.4, -0.2) is 44.3 Å². The second kappa shape index (κ2) is 12.2. The van der Waals surface area contributed by atoms with Gasteiger partial charge in [0.15, 0.2) is 5.96 Å². The van der Waals surface area contributed by atoms with Gasteiger partial charge in [0.2, 0.25) is 0 Å². The van der Waals surface area contributed by atoms with Crippen LogP contribution in [0.1, 0.15) is 19.3 Å². The van der Waals surface area contributed by atoms with Gasteiger partial charge >= 0.3 is 6.18 Å². The molecule has 0 saturated carbocycles. The number of rotatable bonds is 7. The molecule has 0 unspecified atom stereocenters. The van der Waals surface area contributed by atoms with Gasteiger partial charge < -0.3 is 10.6 Å². The molecule has 0 radical (unpaired) electrons. The highest BCUT2D eigenvalue weighted by atomic mass is 127. The third-order valence-corrected chi connectivity index (χ3v) is 2.61. The van der Waals surface area contributed by atoms with Crippen LogP contribution in [0.5, 0.6) is 0 Å². The molecular weight excluding hydrogens is 378 g/mol. The van der Waals surface area contributed by atoms with Crippen molar-refractivity contribution >= 4 is 41.7 Å². The van der Waals surface area contributed by atoms with Gasteiger partial charge in [-0.2, -0.15) is 24.9 Å². The Morgan fingerprint density at radius 1 is 1.17 bits per heavy atom. The highest BCUT2D eigenvalue weighted by Crippen LogP contribution is 2.21. The Hall–Kier alpha value is 0.140. The number of unbranched alkanes of at least 4 members (excludes halogenated alkanes) is 1. The fourth-order valence-electron chi connectivity index (χ4n) is 1.15. The van der Waals surface area contributed by atoms with Crippen molar-refractivity contribution in [3.8, 4) is 0 Å². The second-order valence-corrected chi connectivity index (χ2v) is 4.48. The summed E-state index contributed by atoms with van der Waals surface area (Å²) in [6.07, 6.45) is -2.11. The standard InChI is InChI=1S/C10H20F3N3S.HI/c1-14-9(16-7-8-17-2)15-6-4-3-5-10(11,12)13;/h3-8H2,1-2H3,(H2,14,15,16);1H. The zero-order valence-corrected chi connectivity index (χ0v) is 13.8. The Morgan fingerprint density at radius 2 is 1.78 bits per heavy atom. The summed E-state index contributed by atoms with van der Waals surface area (Å²) in [4.78, 5) is 3.97. The molecule has 3 nitrogen and oxygen atoms in total. The van der Waals surface area contributed by atoms with Gasteiger partial charge in [0.25, 0.3) is 0 Å². The van der Waals surface area contributed by atoms with Gasteiger partial charge in [-0.15, -0.1) is 24.0 Å². The first kappa shape index (κ1) is 20.5. The molecule has 0 atom stereocenters. The molecule has 0 bridgehead atoms. The summed E-state index contributed by atoms with van der Waals surface area (Å²) in [5.41, 5.74) is 0. The molecule has 2 N–H and O–H groups in total. The minimum absolute atomic E-state index is 0. The first-order chi connectivity index (χ1) is 7.99. The monoisotopic (exact) mass is 399 g/mol. The Morgan fingerprint density at radius 3 is 2.28 bits per heavy atom. The molecule has 0 aromatic carbocycles. The predicted octanol–water partition coefficient (Wildman–Crippen LogP) is 2.87. The van der Waals surface area contributed by atoms with E-state index in [9.17, 15) is 13.2 Å². The third-order valence-electron chi connectivity index (χ3n) is 2.00. The highest BCUT2D eigenvalue weighted by molar-refractivity contribution is 14.0. The maximum absolute atomic E-state index is 11.9. The second-order valence-electron chi connectivity index (χ2n) is 3.49. The normalized spacial score (nSPS) is 11.9. The fraction of sp³-hybridized carbons (Fsp3) is 0.900. The minimum atomic E-state index is -4.04. The smallest absolute Gasteiger partial charge is 0.356 e. The van der Waals surface area contributed by atoms with Crippen LogP contribution in [-0.2, 0) is 0 Å². The van der Waals surface area contributed by atoms with Gasteiger partial charge in [-0.05, 0) is 19.1 Å². The van der Waals surface area contributed by atoms with E-state index >= 15 is 0 Å². The van der Waals surface area contributed by atoms with Crippen molar-refractivity contribution in [1.82, 2.24) is 10.6 Å². The summed E-state index contributed by atoms with van der Waals surface area (Å²) in [7, 11) is 1.64. The van der Waals surface area contributed by atoms with Crippen LogP contribution in [0, 0.1) is 0 Å². The average molecular weight is 399 g/mol. The summed E-state index contributed by atoms with van der Waals surface area (Å²) < 4.78 is 35.6. The summed E-state index contributed by atoms with van der Waals surface area (Å²) in [6, 6.07) is 0. The number of guanidine groups is 1. The Balaban J connectivity index is 0. The Labute approximate surface area is 128 Å². The Kier molecular flexibility index (Phi) is 13.9. The molecule has 0 aromatic rings. The quantitative estimate of drug-likeness (QED) is 0.299.